The molecule has 1 aromatic rings. The van der Waals surface area contributed by atoms with Crippen LogP contribution in [0.15, 0.2) is 29.2 Å². The van der Waals surface area contributed by atoms with Crippen LogP contribution in [0.3, 0.4) is 0 Å². The molecule has 156 valence electrons. The highest BCUT2D eigenvalue weighted by molar-refractivity contribution is 7.85. The van der Waals surface area contributed by atoms with Gasteiger partial charge in [0.15, 0.2) is 0 Å². The lowest BCUT2D eigenvalue weighted by Crippen LogP contribution is -2.59. The minimum Gasteiger partial charge on any atom is -0.282 e. The number of hydrogen-bond donors (Lipinski definition) is 1. The first-order valence-electron chi connectivity index (χ1n) is 5.77. The summed E-state index contributed by atoms with van der Waals surface area (Å²) in [4.78, 5) is 9.13. The van der Waals surface area contributed by atoms with Crippen LogP contribution in [0.2, 0.25) is 0 Å². The fraction of sp³-hybridized carbons (Fsp3) is 0.400. The summed E-state index contributed by atoms with van der Waals surface area (Å²) in [5.74, 6) is -14.3. The van der Waals surface area contributed by atoms with E-state index in [2.05, 4.69) is 0 Å². The summed E-state index contributed by atoms with van der Waals surface area (Å²) in [6, 6.07) is 3.94. The van der Waals surface area contributed by atoms with E-state index in [1.54, 1.807) is 0 Å². The van der Waals surface area contributed by atoms with Gasteiger partial charge in [0.05, 0.1) is 9.82 Å². The van der Waals surface area contributed by atoms with Gasteiger partial charge in [-0.2, -0.15) is 52.3 Å². The fourth-order valence-corrected chi connectivity index (χ4v) is 1.58. The van der Waals surface area contributed by atoms with Crippen molar-refractivity contribution in [1.29, 1.82) is 0 Å². The smallest absolute Gasteiger partial charge is 0.282 e. The molecule has 1 aromatic carbocycles. The van der Waals surface area contributed by atoms with Crippen LogP contribution >= 0.6 is 0 Å². The zero-order chi connectivity index (χ0) is 22.1. The average Bonchev–Trinajstić information content (AvgIpc) is 2.44. The predicted molar refractivity (Wildman–Crippen MR) is 64.9 cm³/mol. The van der Waals surface area contributed by atoms with Crippen LogP contribution in [0.5, 0.6) is 0 Å². The number of rotatable bonds is 3. The third kappa shape index (κ3) is 5.65. The quantitative estimate of drug-likeness (QED) is 0.328. The number of benzene rings is 1. The van der Waals surface area contributed by atoms with E-state index >= 15 is 0 Å². The van der Waals surface area contributed by atoms with Crippen molar-refractivity contribution >= 4 is 15.8 Å². The maximum atomic E-state index is 11.6. The van der Waals surface area contributed by atoms with Crippen LogP contribution in [0.25, 0.3) is 0 Å². The Kier molecular flexibility index (Phi) is 6.85. The van der Waals surface area contributed by atoms with E-state index in [-0.39, 0.29) is 10.6 Å². The molecule has 0 aromatic heterocycles. The van der Waals surface area contributed by atoms with Gasteiger partial charge in [-0.15, -0.1) is 0 Å². The Morgan fingerprint density at radius 1 is 0.778 bits per heavy atom. The molecule has 27 heavy (non-hydrogen) atoms. The lowest BCUT2D eigenvalue weighted by atomic mass is 10.1. The number of nitro benzene ring substituents is 1. The van der Waals surface area contributed by atoms with Crippen molar-refractivity contribution in [3.8, 4) is 0 Å². The van der Waals surface area contributed by atoms with Crippen LogP contribution < -0.4 is 0 Å². The summed E-state index contributed by atoms with van der Waals surface area (Å²) in [6.07, 6.45) is -13.9. The molecule has 0 bridgehead atoms. The molecule has 0 saturated heterocycles. The molecule has 0 radical (unpaired) electrons. The Morgan fingerprint density at radius 3 is 1.26 bits per heavy atom. The summed E-state index contributed by atoms with van der Waals surface area (Å²) in [5.41, 5.74) is -0.229. The Balaban J connectivity index is 0.000000501. The van der Waals surface area contributed by atoms with Gasteiger partial charge in [-0.3, -0.25) is 14.7 Å². The maximum Gasteiger partial charge on any atom is 0.460 e. The third-order valence-corrected chi connectivity index (χ3v) is 3.32. The highest BCUT2D eigenvalue weighted by atomic mass is 32.2. The average molecular weight is 441 g/mol. The Hall–Kier alpha value is -2.17. The Morgan fingerprint density at radius 2 is 1.07 bits per heavy atom. The SMILES string of the molecule is FC(F)(F)C(F)(F)C(F)(F)C(F)(F)F.O=[N+]([O-])c1ccc(S(=O)(=O)O)cc1. The second-order valence-electron chi connectivity index (χ2n) is 4.37. The molecule has 0 saturated carbocycles. The van der Waals surface area contributed by atoms with Crippen LogP contribution in [-0.4, -0.2) is 42.1 Å². The standard InChI is InChI=1S/C6H5NO5S.C4F10/c8-7(9)5-1-3-6(4-2-5)13(10,11)12;5-1(6,3(9,10)11)2(7,8)4(12,13)14/h1-4H,(H,10,11,12);. The largest absolute Gasteiger partial charge is 0.460 e. The van der Waals surface area contributed by atoms with Crippen molar-refractivity contribution in [3.63, 3.8) is 0 Å². The molecule has 17 heteroatoms. The molecular formula is C10H5F10NO5S. The number of non-ortho nitro benzene ring substituents is 1. The molecule has 0 atom stereocenters. The van der Waals surface area contributed by atoms with Crippen molar-refractivity contribution in [3.05, 3.63) is 34.4 Å². The summed E-state index contributed by atoms with van der Waals surface area (Å²) in [5, 5.41) is 10.2. The first-order chi connectivity index (χ1) is 11.7. The van der Waals surface area contributed by atoms with Crippen molar-refractivity contribution in [2.45, 2.75) is 29.1 Å². The number of nitro groups is 1. The summed E-state index contributed by atoms with van der Waals surface area (Å²) in [6.45, 7) is 0. The van der Waals surface area contributed by atoms with Crippen molar-refractivity contribution in [1.82, 2.24) is 0 Å². The van der Waals surface area contributed by atoms with Crippen LogP contribution in [0, 0.1) is 10.1 Å². The second kappa shape index (κ2) is 7.45. The van der Waals surface area contributed by atoms with Gasteiger partial charge >= 0.3 is 24.2 Å². The molecule has 0 spiro atoms. The molecule has 0 heterocycles. The highest BCUT2D eigenvalue weighted by Gasteiger charge is 2.82. The molecule has 0 aliphatic heterocycles. The minimum absolute atomic E-state index is 0.229. The first-order valence-corrected chi connectivity index (χ1v) is 7.21. The number of alkyl halides is 10. The van der Waals surface area contributed by atoms with Crippen molar-refractivity contribution in [2.75, 3.05) is 0 Å². The summed E-state index contributed by atoms with van der Waals surface area (Å²) in [7, 11) is -4.27. The van der Waals surface area contributed by atoms with Crippen molar-refractivity contribution < 1.29 is 61.8 Å². The zero-order valence-electron chi connectivity index (χ0n) is 12.0. The molecule has 1 N–H and O–H groups in total. The third-order valence-electron chi connectivity index (χ3n) is 2.45. The van der Waals surface area contributed by atoms with E-state index in [4.69, 9.17) is 4.55 Å². The molecule has 0 fully saturated rings. The van der Waals surface area contributed by atoms with E-state index in [9.17, 15) is 62.4 Å². The van der Waals surface area contributed by atoms with Crippen LogP contribution in [0.1, 0.15) is 0 Å². The van der Waals surface area contributed by atoms with Gasteiger partial charge in [0, 0.05) is 12.1 Å². The first kappa shape index (κ1) is 24.8. The monoisotopic (exact) mass is 441 g/mol. The molecule has 0 aliphatic rings. The van der Waals surface area contributed by atoms with E-state index in [0.717, 1.165) is 24.3 Å². The second-order valence-corrected chi connectivity index (χ2v) is 5.79. The van der Waals surface area contributed by atoms with E-state index < -0.39 is 39.2 Å². The van der Waals surface area contributed by atoms with Gasteiger partial charge in [0.25, 0.3) is 15.8 Å². The highest BCUT2D eigenvalue weighted by Crippen LogP contribution is 2.53. The molecule has 0 aliphatic carbocycles. The van der Waals surface area contributed by atoms with Gasteiger partial charge < -0.3 is 0 Å². The van der Waals surface area contributed by atoms with Gasteiger partial charge in [-0.25, -0.2) is 0 Å². The number of halogens is 10. The number of hydrogen-bond acceptors (Lipinski definition) is 4. The van der Waals surface area contributed by atoms with E-state index in [1.165, 1.54) is 0 Å². The molecular weight excluding hydrogens is 436 g/mol. The molecule has 0 unspecified atom stereocenters. The van der Waals surface area contributed by atoms with Gasteiger partial charge in [0.2, 0.25) is 0 Å². The maximum absolute atomic E-state index is 11.6. The Labute approximate surface area is 142 Å². The van der Waals surface area contributed by atoms with Crippen LogP contribution in [0.4, 0.5) is 49.6 Å². The lowest BCUT2D eigenvalue weighted by Gasteiger charge is -2.29. The van der Waals surface area contributed by atoms with Crippen LogP contribution in [-0.2, 0) is 10.1 Å². The fourth-order valence-electron chi connectivity index (χ4n) is 1.10. The summed E-state index contributed by atoms with van der Waals surface area (Å²) >= 11 is 0. The zero-order valence-corrected chi connectivity index (χ0v) is 12.8. The Bertz CT molecular complexity index is 745. The van der Waals surface area contributed by atoms with Crippen molar-refractivity contribution in [2.24, 2.45) is 0 Å². The molecule has 6 nitrogen and oxygen atoms in total. The molecule has 1 rings (SSSR count). The lowest BCUT2D eigenvalue weighted by molar-refractivity contribution is -0.419. The van der Waals surface area contributed by atoms with Gasteiger partial charge in [0.1, 0.15) is 0 Å². The molecule has 0 amide bonds. The predicted octanol–water partition coefficient (Wildman–Crippen LogP) is 4.22. The summed E-state index contributed by atoms with van der Waals surface area (Å²) < 4.78 is 143. The topological polar surface area (TPSA) is 97.5 Å². The van der Waals surface area contributed by atoms with Gasteiger partial charge in [-0.1, -0.05) is 0 Å². The number of nitrogens with zero attached hydrogens (tertiary/aromatic N) is 1. The normalized spacial score (nSPS) is 13.6. The van der Waals surface area contributed by atoms with E-state index in [1.807, 2.05) is 0 Å². The van der Waals surface area contributed by atoms with E-state index in [0.29, 0.717) is 0 Å². The van der Waals surface area contributed by atoms with Gasteiger partial charge in [-0.05, 0) is 12.1 Å². The minimum atomic E-state index is -7.14.